The molecule has 7 nitrogen and oxygen atoms in total. The largest absolute Gasteiger partial charge is 0.444 e. The zero-order chi connectivity index (χ0) is 23.0. The van der Waals surface area contributed by atoms with Crippen LogP contribution in [0.15, 0.2) is 36.5 Å². The van der Waals surface area contributed by atoms with Gasteiger partial charge in [0.2, 0.25) is 5.78 Å². The maximum Gasteiger partial charge on any atom is 0.411 e. The minimum atomic E-state index is -0.556. The Morgan fingerprint density at radius 2 is 1.81 bits per heavy atom. The third-order valence-electron chi connectivity index (χ3n) is 6.12. The van der Waals surface area contributed by atoms with Crippen molar-refractivity contribution in [2.45, 2.75) is 45.9 Å². The number of piperazine rings is 1. The smallest absolute Gasteiger partial charge is 0.411 e. The van der Waals surface area contributed by atoms with E-state index in [0.29, 0.717) is 17.8 Å². The highest BCUT2D eigenvalue weighted by Gasteiger charge is 2.34. The zero-order valence-electron chi connectivity index (χ0n) is 19.6. The second-order valence-corrected chi connectivity index (χ2v) is 9.72. The minimum absolute atomic E-state index is 0.104. The highest BCUT2D eigenvalue weighted by atomic mass is 16.6. The van der Waals surface area contributed by atoms with Crippen molar-refractivity contribution in [2.24, 2.45) is 0 Å². The first-order valence-electron chi connectivity index (χ1n) is 11.2. The summed E-state index contributed by atoms with van der Waals surface area (Å²) in [5.74, 6) is -0.104. The van der Waals surface area contributed by atoms with Crippen LogP contribution in [0.1, 0.15) is 60.9 Å². The molecular weight excluding hydrogens is 404 g/mol. The summed E-state index contributed by atoms with van der Waals surface area (Å²) in [5, 5.41) is 0. The van der Waals surface area contributed by atoms with Gasteiger partial charge in [-0.3, -0.25) is 14.7 Å². The van der Waals surface area contributed by atoms with E-state index in [-0.39, 0.29) is 17.9 Å². The topological polar surface area (TPSA) is 66.0 Å². The van der Waals surface area contributed by atoms with Crippen molar-refractivity contribution >= 4 is 17.6 Å². The van der Waals surface area contributed by atoms with Crippen LogP contribution in [0.3, 0.4) is 0 Å². The fourth-order valence-corrected chi connectivity index (χ4v) is 4.23. The van der Waals surface area contributed by atoms with E-state index in [9.17, 15) is 9.59 Å². The quantitative estimate of drug-likeness (QED) is 0.681. The molecule has 0 radical (unpaired) electrons. The molecule has 1 unspecified atom stereocenters. The molecular formula is C25H32N4O3. The molecule has 0 saturated carbocycles. The number of amides is 1. The average Bonchev–Trinajstić information content (AvgIpc) is 3.09. The Balaban J connectivity index is 1.52. The van der Waals surface area contributed by atoms with E-state index in [1.807, 2.05) is 52.0 Å². The van der Waals surface area contributed by atoms with Gasteiger partial charge in [-0.15, -0.1) is 0 Å². The van der Waals surface area contributed by atoms with Gasteiger partial charge in [0.25, 0.3) is 0 Å². The second kappa shape index (κ2) is 8.54. The second-order valence-electron chi connectivity index (χ2n) is 9.72. The highest BCUT2D eigenvalue weighted by molar-refractivity contribution is 6.08. The van der Waals surface area contributed by atoms with Gasteiger partial charge < -0.3 is 14.5 Å². The van der Waals surface area contributed by atoms with Gasteiger partial charge >= 0.3 is 6.09 Å². The molecule has 0 aliphatic carbocycles. The van der Waals surface area contributed by atoms with Crippen LogP contribution in [0.5, 0.6) is 0 Å². The summed E-state index contributed by atoms with van der Waals surface area (Å²) in [7, 11) is 2.13. The molecule has 7 heteroatoms. The fourth-order valence-electron chi connectivity index (χ4n) is 4.23. The molecule has 1 amide bonds. The predicted molar refractivity (Wildman–Crippen MR) is 124 cm³/mol. The van der Waals surface area contributed by atoms with Crippen molar-refractivity contribution in [1.82, 2.24) is 14.8 Å². The summed E-state index contributed by atoms with van der Waals surface area (Å²) in [6, 6.07) is 9.46. The summed E-state index contributed by atoms with van der Waals surface area (Å²) in [6.45, 7) is 11.9. The third-order valence-corrected chi connectivity index (χ3v) is 6.12. The van der Waals surface area contributed by atoms with Crippen LogP contribution in [0, 0.1) is 0 Å². The summed E-state index contributed by atoms with van der Waals surface area (Å²) in [6.07, 6.45) is 1.37. The number of ketones is 1. The number of benzene rings is 1. The van der Waals surface area contributed by atoms with Crippen LogP contribution in [0.4, 0.5) is 10.5 Å². The number of hydrogen-bond donors (Lipinski definition) is 0. The number of ether oxygens (including phenoxy) is 1. The number of nitrogens with zero attached hydrogens (tertiary/aromatic N) is 4. The Labute approximate surface area is 190 Å². The first kappa shape index (κ1) is 22.3. The van der Waals surface area contributed by atoms with Crippen LogP contribution < -0.4 is 4.90 Å². The lowest BCUT2D eigenvalue weighted by Crippen LogP contribution is -2.44. The Kier molecular flexibility index (Phi) is 5.95. The van der Waals surface area contributed by atoms with Crippen LogP contribution >= 0.6 is 0 Å². The summed E-state index contributed by atoms with van der Waals surface area (Å²) >= 11 is 0. The maximum atomic E-state index is 13.2. The Bertz CT molecular complexity index is 1020. The van der Waals surface area contributed by atoms with E-state index in [2.05, 4.69) is 27.9 Å². The number of carbonyl (C=O) groups is 2. The van der Waals surface area contributed by atoms with E-state index in [4.69, 9.17) is 4.74 Å². The van der Waals surface area contributed by atoms with E-state index in [1.165, 1.54) is 0 Å². The number of aromatic nitrogens is 1. The van der Waals surface area contributed by atoms with E-state index in [1.54, 1.807) is 11.1 Å². The molecule has 3 heterocycles. The fraction of sp³-hybridized carbons (Fsp3) is 0.480. The first-order valence-corrected chi connectivity index (χ1v) is 11.2. The van der Waals surface area contributed by atoms with Gasteiger partial charge in [-0.1, -0.05) is 12.1 Å². The summed E-state index contributed by atoms with van der Waals surface area (Å²) in [5.41, 5.74) is 3.44. The van der Waals surface area contributed by atoms with Gasteiger partial charge in [-0.2, -0.15) is 0 Å². The van der Waals surface area contributed by atoms with Gasteiger partial charge in [0.15, 0.2) is 0 Å². The highest BCUT2D eigenvalue weighted by Crippen LogP contribution is 2.34. The monoisotopic (exact) mass is 436 g/mol. The molecule has 1 saturated heterocycles. The molecule has 1 aromatic heterocycles. The van der Waals surface area contributed by atoms with Gasteiger partial charge in [0.05, 0.1) is 12.6 Å². The first-order chi connectivity index (χ1) is 15.1. The molecule has 2 aliphatic rings. The van der Waals surface area contributed by atoms with Crippen molar-refractivity contribution in [3.8, 4) is 0 Å². The zero-order valence-corrected chi connectivity index (χ0v) is 19.6. The van der Waals surface area contributed by atoms with Crippen LogP contribution in [-0.4, -0.2) is 65.5 Å². The Morgan fingerprint density at radius 3 is 2.50 bits per heavy atom. The van der Waals surface area contributed by atoms with Crippen molar-refractivity contribution in [3.63, 3.8) is 0 Å². The lowest BCUT2D eigenvalue weighted by Gasteiger charge is -2.34. The molecule has 1 atom stereocenters. The molecule has 4 rings (SSSR count). The molecule has 1 fully saturated rings. The van der Waals surface area contributed by atoms with Crippen molar-refractivity contribution in [3.05, 3.63) is 58.9 Å². The van der Waals surface area contributed by atoms with Gasteiger partial charge in [-0.25, -0.2) is 4.79 Å². The summed E-state index contributed by atoms with van der Waals surface area (Å²) in [4.78, 5) is 36.6. The molecule has 2 aromatic rings. The molecule has 0 N–H and O–H groups in total. The van der Waals surface area contributed by atoms with E-state index < -0.39 is 5.60 Å². The van der Waals surface area contributed by atoms with Crippen molar-refractivity contribution < 1.29 is 14.3 Å². The van der Waals surface area contributed by atoms with E-state index in [0.717, 1.165) is 43.0 Å². The number of anilines is 1. The van der Waals surface area contributed by atoms with Crippen molar-refractivity contribution in [1.29, 1.82) is 0 Å². The maximum absolute atomic E-state index is 13.2. The molecule has 32 heavy (non-hydrogen) atoms. The number of fused-ring (bicyclic) bond motifs is 1. The van der Waals surface area contributed by atoms with Crippen LogP contribution in [-0.2, 0) is 11.3 Å². The standard InChI is InChI=1S/C25H32N4O3/c1-17-21-15-26-22(14-19(21)16-29(17)24(31)32-25(2,3)4)23(30)18-7-6-8-20(13-18)28-11-9-27(5)10-12-28/h6-8,13-15,17H,9-12,16H2,1-5H3. The normalized spacial score (nSPS) is 19.1. The minimum Gasteiger partial charge on any atom is -0.444 e. The molecule has 2 aliphatic heterocycles. The number of pyridine rings is 1. The third kappa shape index (κ3) is 4.63. The summed E-state index contributed by atoms with van der Waals surface area (Å²) < 4.78 is 5.54. The molecule has 170 valence electrons. The van der Waals surface area contributed by atoms with Gasteiger partial charge in [0.1, 0.15) is 11.3 Å². The number of carbonyl (C=O) groups excluding carboxylic acids is 2. The van der Waals surface area contributed by atoms with E-state index >= 15 is 0 Å². The SMILES string of the molecule is CC1c2cnc(C(=O)c3cccc(N4CCN(C)CC4)c3)cc2CN1C(=O)OC(C)(C)C. The predicted octanol–water partition coefficient (Wildman–Crippen LogP) is 3.88. The Hall–Kier alpha value is -2.93. The van der Waals surface area contributed by atoms with Gasteiger partial charge in [0, 0.05) is 43.6 Å². The molecule has 1 aromatic carbocycles. The number of rotatable bonds is 3. The van der Waals surface area contributed by atoms with Gasteiger partial charge in [-0.05, 0) is 64.1 Å². The lowest BCUT2D eigenvalue weighted by molar-refractivity contribution is 0.0187. The number of likely N-dealkylation sites (N-methyl/N-ethyl adjacent to an activating group) is 1. The lowest BCUT2D eigenvalue weighted by atomic mass is 10.0. The van der Waals surface area contributed by atoms with Crippen molar-refractivity contribution in [2.75, 3.05) is 38.1 Å². The van der Waals surface area contributed by atoms with Crippen LogP contribution in [0.2, 0.25) is 0 Å². The average molecular weight is 437 g/mol. The van der Waals surface area contributed by atoms with Crippen LogP contribution in [0.25, 0.3) is 0 Å². The number of hydrogen-bond acceptors (Lipinski definition) is 6. The molecule has 0 bridgehead atoms. The molecule has 0 spiro atoms. The Morgan fingerprint density at radius 1 is 1.09 bits per heavy atom.